The molecule has 2 heteroatoms. The Balaban J connectivity index is 2.02. The van der Waals surface area contributed by atoms with Crippen LogP contribution in [-0.2, 0) is 0 Å². The van der Waals surface area contributed by atoms with Crippen molar-refractivity contribution >= 4 is 15.9 Å². The molecule has 0 spiro atoms. The van der Waals surface area contributed by atoms with E-state index in [-0.39, 0.29) is 0 Å². The van der Waals surface area contributed by atoms with Crippen LogP contribution >= 0.6 is 15.9 Å². The van der Waals surface area contributed by atoms with E-state index in [1.807, 2.05) is 0 Å². The van der Waals surface area contributed by atoms with Crippen molar-refractivity contribution in [3.05, 3.63) is 12.2 Å². The molecule has 0 saturated heterocycles. The number of alkyl halides is 1. The van der Waals surface area contributed by atoms with Crippen LogP contribution in [0.25, 0.3) is 0 Å². The van der Waals surface area contributed by atoms with Crippen molar-refractivity contribution in [3.63, 3.8) is 0 Å². The van der Waals surface area contributed by atoms with Crippen molar-refractivity contribution in [1.29, 1.82) is 0 Å². The maximum Gasteiger partial charge on any atom is 0.0157 e. The Labute approximate surface area is 77.4 Å². The highest BCUT2D eigenvalue weighted by Gasteiger charge is 2.07. The molecular formula is C9H16BrN. The Morgan fingerprint density at radius 1 is 1.45 bits per heavy atom. The van der Waals surface area contributed by atoms with Crippen LogP contribution in [-0.4, -0.2) is 18.4 Å². The van der Waals surface area contributed by atoms with Crippen LogP contribution in [0.3, 0.4) is 0 Å². The zero-order valence-corrected chi connectivity index (χ0v) is 8.44. The summed E-state index contributed by atoms with van der Waals surface area (Å²) in [5.41, 5.74) is 0. The zero-order valence-electron chi connectivity index (χ0n) is 6.85. The molecule has 64 valence electrons. The van der Waals surface area contributed by atoms with Gasteiger partial charge in [0.15, 0.2) is 0 Å². The van der Waals surface area contributed by atoms with Gasteiger partial charge in [-0.05, 0) is 31.7 Å². The first-order chi connectivity index (χ1) is 5.43. The summed E-state index contributed by atoms with van der Waals surface area (Å²) in [6.45, 7) is 2.29. The fourth-order valence-electron chi connectivity index (χ4n) is 1.41. The smallest absolute Gasteiger partial charge is 0.0157 e. The number of halogens is 1. The van der Waals surface area contributed by atoms with Gasteiger partial charge in [-0.15, -0.1) is 0 Å². The molecule has 0 aromatic rings. The standard InChI is InChI=1S/C9H16BrN/c10-6-7-11-8-9-4-2-1-3-5-9/h1-2,9,11H,3-8H2. The van der Waals surface area contributed by atoms with E-state index < -0.39 is 0 Å². The molecule has 1 aliphatic carbocycles. The molecular weight excluding hydrogens is 202 g/mol. The summed E-state index contributed by atoms with van der Waals surface area (Å²) in [5, 5.41) is 4.49. The lowest BCUT2D eigenvalue weighted by molar-refractivity contribution is 0.448. The van der Waals surface area contributed by atoms with Crippen molar-refractivity contribution in [2.75, 3.05) is 18.4 Å². The molecule has 0 radical (unpaired) electrons. The van der Waals surface area contributed by atoms with E-state index >= 15 is 0 Å². The fourth-order valence-corrected chi connectivity index (χ4v) is 1.70. The quantitative estimate of drug-likeness (QED) is 0.434. The average molecular weight is 218 g/mol. The molecule has 0 amide bonds. The summed E-state index contributed by atoms with van der Waals surface area (Å²) in [6.07, 6.45) is 8.52. The maximum atomic E-state index is 3.42. The molecule has 0 heterocycles. The second-order valence-electron chi connectivity index (χ2n) is 3.04. The molecule has 0 fully saturated rings. The minimum Gasteiger partial charge on any atom is -0.316 e. The Kier molecular flexibility index (Phi) is 4.87. The molecule has 1 rings (SSSR count). The molecule has 0 aromatic carbocycles. The van der Waals surface area contributed by atoms with Gasteiger partial charge >= 0.3 is 0 Å². The minimum atomic E-state index is 0.888. The van der Waals surface area contributed by atoms with Gasteiger partial charge in [0, 0.05) is 11.9 Å². The van der Waals surface area contributed by atoms with Crippen LogP contribution in [0.2, 0.25) is 0 Å². The van der Waals surface area contributed by atoms with Gasteiger partial charge in [0.05, 0.1) is 0 Å². The third-order valence-electron chi connectivity index (χ3n) is 2.08. The first-order valence-corrected chi connectivity index (χ1v) is 5.47. The van der Waals surface area contributed by atoms with Crippen LogP contribution in [0.15, 0.2) is 12.2 Å². The van der Waals surface area contributed by atoms with E-state index in [4.69, 9.17) is 0 Å². The highest BCUT2D eigenvalue weighted by Crippen LogP contribution is 2.16. The van der Waals surface area contributed by atoms with Gasteiger partial charge in [-0.25, -0.2) is 0 Å². The number of rotatable bonds is 4. The molecule has 1 atom stereocenters. The average Bonchev–Trinajstić information content (AvgIpc) is 2.07. The predicted octanol–water partition coefficient (Wildman–Crippen LogP) is 2.33. The monoisotopic (exact) mass is 217 g/mol. The Hall–Kier alpha value is 0.180. The molecule has 0 aliphatic heterocycles. The molecule has 1 aliphatic rings. The molecule has 1 nitrogen and oxygen atoms in total. The van der Waals surface area contributed by atoms with Gasteiger partial charge in [-0.3, -0.25) is 0 Å². The second kappa shape index (κ2) is 5.78. The molecule has 11 heavy (non-hydrogen) atoms. The molecule has 0 bridgehead atoms. The van der Waals surface area contributed by atoms with Gasteiger partial charge in [0.2, 0.25) is 0 Å². The van der Waals surface area contributed by atoms with Crippen molar-refractivity contribution in [2.45, 2.75) is 19.3 Å². The van der Waals surface area contributed by atoms with Crippen LogP contribution in [0.1, 0.15) is 19.3 Å². The van der Waals surface area contributed by atoms with Crippen LogP contribution in [0.5, 0.6) is 0 Å². The van der Waals surface area contributed by atoms with E-state index in [2.05, 4.69) is 33.4 Å². The first-order valence-electron chi connectivity index (χ1n) is 4.35. The van der Waals surface area contributed by atoms with Gasteiger partial charge in [0.1, 0.15) is 0 Å². The number of nitrogens with one attached hydrogen (secondary N) is 1. The van der Waals surface area contributed by atoms with Crippen molar-refractivity contribution in [3.8, 4) is 0 Å². The topological polar surface area (TPSA) is 12.0 Å². The van der Waals surface area contributed by atoms with E-state index in [0.29, 0.717) is 0 Å². The van der Waals surface area contributed by atoms with Gasteiger partial charge in [0.25, 0.3) is 0 Å². The minimum absolute atomic E-state index is 0.888. The third kappa shape index (κ3) is 3.92. The van der Waals surface area contributed by atoms with Crippen LogP contribution < -0.4 is 5.32 Å². The lowest BCUT2D eigenvalue weighted by atomic mass is 9.94. The Morgan fingerprint density at radius 2 is 2.36 bits per heavy atom. The van der Waals surface area contributed by atoms with Gasteiger partial charge in [-0.1, -0.05) is 28.1 Å². The normalized spacial score (nSPS) is 23.9. The second-order valence-corrected chi connectivity index (χ2v) is 3.84. The van der Waals surface area contributed by atoms with Crippen molar-refractivity contribution in [1.82, 2.24) is 5.32 Å². The predicted molar refractivity (Wildman–Crippen MR) is 53.1 cm³/mol. The van der Waals surface area contributed by atoms with E-state index in [1.165, 1.54) is 25.8 Å². The highest BCUT2D eigenvalue weighted by molar-refractivity contribution is 9.09. The lowest BCUT2D eigenvalue weighted by Gasteiger charge is -2.17. The maximum absolute atomic E-state index is 3.42. The van der Waals surface area contributed by atoms with E-state index in [9.17, 15) is 0 Å². The summed E-state index contributed by atoms with van der Waals surface area (Å²) in [4.78, 5) is 0. The lowest BCUT2D eigenvalue weighted by Crippen LogP contribution is -2.24. The van der Waals surface area contributed by atoms with E-state index in [1.54, 1.807) is 0 Å². The summed E-state index contributed by atoms with van der Waals surface area (Å²) in [5.74, 6) is 0.888. The van der Waals surface area contributed by atoms with Crippen molar-refractivity contribution in [2.24, 2.45) is 5.92 Å². The van der Waals surface area contributed by atoms with Crippen LogP contribution in [0.4, 0.5) is 0 Å². The van der Waals surface area contributed by atoms with Crippen LogP contribution in [0, 0.1) is 5.92 Å². The zero-order chi connectivity index (χ0) is 7.94. The highest BCUT2D eigenvalue weighted by atomic mass is 79.9. The fraction of sp³-hybridized carbons (Fsp3) is 0.778. The first kappa shape index (κ1) is 9.27. The van der Waals surface area contributed by atoms with Gasteiger partial charge in [-0.2, -0.15) is 0 Å². The Morgan fingerprint density at radius 3 is 3.00 bits per heavy atom. The third-order valence-corrected chi connectivity index (χ3v) is 2.48. The number of allylic oxidation sites excluding steroid dienone is 2. The molecule has 1 unspecified atom stereocenters. The van der Waals surface area contributed by atoms with Crippen molar-refractivity contribution < 1.29 is 0 Å². The SMILES string of the molecule is BrCCNCC1CC=CCC1. The molecule has 1 N–H and O–H groups in total. The molecule has 0 aromatic heterocycles. The Bertz CT molecular complexity index is 123. The largest absolute Gasteiger partial charge is 0.316 e. The summed E-state index contributed by atoms with van der Waals surface area (Å²) < 4.78 is 0. The van der Waals surface area contributed by atoms with E-state index in [0.717, 1.165) is 17.8 Å². The molecule has 0 saturated carbocycles. The number of hydrogen-bond acceptors (Lipinski definition) is 1. The van der Waals surface area contributed by atoms with Gasteiger partial charge < -0.3 is 5.32 Å². The summed E-state index contributed by atoms with van der Waals surface area (Å²) >= 11 is 3.40. The summed E-state index contributed by atoms with van der Waals surface area (Å²) in [7, 11) is 0. The number of hydrogen-bond donors (Lipinski definition) is 1. The summed E-state index contributed by atoms with van der Waals surface area (Å²) in [6, 6.07) is 0.